The number of carbonyl (C=O) groups excluding carboxylic acids is 3. The first-order valence-corrected chi connectivity index (χ1v) is 16.3. The van der Waals surface area contributed by atoms with Crippen LogP contribution in [0, 0.1) is 17.2 Å². The fraction of sp³-hybridized carbons (Fsp3) is 0.706. The molecule has 3 aliphatic heterocycles. The first-order chi connectivity index (χ1) is 20.5. The van der Waals surface area contributed by atoms with Gasteiger partial charge in [-0.3, -0.25) is 9.59 Å². The zero-order valence-corrected chi connectivity index (χ0v) is 26.1. The summed E-state index contributed by atoms with van der Waals surface area (Å²) in [5.74, 6) is 0.338. The molecule has 5 aliphatic rings. The van der Waals surface area contributed by atoms with Gasteiger partial charge in [-0.05, 0) is 97.6 Å². The van der Waals surface area contributed by atoms with Crippen LogP contribution in [0.15, 0.2) is 30.3 Å². The fourth-order valence-electron chi connectivity index (χ4n) is 8.18. The number of nitrogens with zero attached hydrogens (tertiary/aromatic N) is 4. The van der Waals surface area contributed by atoms with Gasteiger partial charge in [0.25, 0.3) is 0 Å². The Bertz CT molecular complexity index is 1260. The third kappa shape index (κ3) is 6.00. The molecule has 0 aromatic heterocycles. The van der Waals surface area contributed by atoms with Crippen LogP contribution in [-0.2, 0) is 14.3 Å². The number of likely N-dealkylation sites (tertiary alicyclic amines) is 1. The number of amides is 3. The lowest BCUT2D eigenvalue weighted by Gasteiger charge is -2.46. The van der Waals surface area contributed by atoms with Crippen molar-refractivity contribution in [1.82, 2.24) is 20.0 Å². The molecule has 3 amide bonds. The lowest BCUT2D eigenvalue weighted by Crippen LogP contribution is -2.60. The molecule has 3 heterocycles. The third-order valence-corrected chi connectivity index (χ3v) is 10.8. The van der Waals surface area contributed by atoms with Crippen molar-refractivity contribution < 1.29 is 19.1 Å². The molecule has 2 aliphatic carbocycles. The Morgan fingerprint density at radius 1 is 1.05 bits per heavy atom. The summed E-state index contributed by atoms with van der Waals surface area (Å²) in [7, 11) is 2.13. The van der Waals surface area contributed by atoms with Crippen molar-refractivity contribution in [3.05, 3.63) is 35.9 Å². The average molecular weight is 590 g/mol. The summed E-state index contributed by atoms with van der Waals surface area (Å²) in [5.41, 5.74) is 0.509. The van der Waals surface area contributed by atoms with Crippen LogP contribution in [-0.4, -0.2) is 87.5 Å². The van der Waals surface area contributed by atoms with Gasteiger partial charge in [0.2, 0.25) is 11.8 Å². The molecule has 0 unspecified atom stereocenters. The number of alkyl carbamates (subject to hydrolysis) is 1. The van der Waals surface area contributed by atoms with E-state index in [-0.39, 0.29) is 35.4 Å². The smallest absolute Gasteiger partial charge is 0.408 e. The SMILES string of the molecule is CN(C1CC(C#N)C1)[C@H]1CC[C@H](NC(=O)OC(C)(C)C)C(=O)N2[C@H](CC[C@H]2C(=O)N2C[C@H](c3ccccc3)CC23CC3)C1. The molecule has 1 spiro atoms. The number of fused-ring (bicyclic) bond motifs is 1. The number of rotatable bonds is 5. The highest BCUT2D eigenvalue weighted by molar-refractivity contribution is 5.93. The van der Waals surface area contributed by atoms with Crippen LogP contribution in [0.3, 0.4) is 0 Å². The molecular formula is C34H47N5O4. The van der Waals surface area contributed by atoms with Crippen molar-refractivity contribution in [1.29, 1.82) is 5.26 Å². The standard InChI is InChI=1S/C34H47N5O4/c1-33(2,3)43-32(42)36-28-12-10-25(37(4)27-16-22(17-27)20-35)18-26-11-13-29(39(26)30(28)40)31(41)38-21-24(19-34(38)14-15-34)23-8-6-5-7-9-23/h5-9,22,24-29H,10-19,21H2,1-4H3,(H,36,42)/t22?,24-,25+,26-,27?,28+,29+/m1/s1. The molecule has 1 aromatic carbocycles. The molecule has 0 bridgehead atoms. The molecule has 5 fully saturated rings. The van der Waals surface area contributed by atoms with Gasteiger partial charge in [0.05, 0.1) is 6.07 Å². The topological polar surface area (TPSA) is 106 Å². The van der Waals surface area contributed by atoms with Crippen LogP contribution >= 0.6 is 0 Å². The van der Waals surface area contributed by atoms with E-state index in [0.29, 0.717) is 31.3 Å². The number of benzene rings is 1. The van der Waals surface area contributed by atoms with Crippen LogP contribution in [0.4, 0.5) is 4.79 Å². The van der Waals surface area contributed by atoms with Gasteiger partial charge in [0, 0.05) is 42.0 Å². The van der Waals surface area contributed by atoms with Crippen LogP contribution in [0.25, 0.3) is 0 Å². The highest BCUT2D eigenvalue weighted by Gasteiger charge is 2.58. The Morgan fingerprint density at radius 3 is 2.42 bits per heavy atom. The van der Waals surface area contributed by atoms with Gasteiger partial charge in [0.15, 0.2) is 0 Å². The Morgan fingerprint density at radius 2 is 1.77 bits per heavy atom. The van der Waals surface area contributed by atoms with E-state index >= 15 is 0 Å². The van der Waals surface area contributed by atoms with E-state index in [9.17, 15) is 19.6 Å². The van der Waals surface area contributed by atoms with E-state index in [1.54, 1.807) is 0 Å². The van der Waals surface area contributed by atoms with Crippen molar-refractivity contribution in [2.24, 2.45) is 5.92 Å². The summed E-state index contributed by atoms with van der Waals surface area (Å²) in [6.45, 7) is 6.12. The van der Waals surface area contributed by atoms with Crippen molar-refractivity contribution in [2.75, 3.05) is 13.6 Å². The van der Waals surface area contributed by atoms with E-state index < -0.39 is 23.8 Å². The predicted octanol–water partition coefficient (Wildman–Crippen LogP) is 4.57. The molecule has 0 radical (unpaired) electrons. The van der Waals surface area contributed by atoms with Gasteiger partial charge in [-0.2, -0.15) is 5.26 Å². The molecular weight excluding hydrogens is 542 g/mol. The van der Waals surface area contributed by atoms with Crippen molar-refractivity contribution in [2.45, 2.75) is 132 Å². The number of carbonyl (C=O) groups is 3. The Labute approximate surface area is 255 Å². The molecule has 9 heteroatoms. The largest absolute Gasteiger partial charge is 0.444 e. The van der Waals surface area contributed by atoms with Crippen LogP contribution in [0.2, 0.25) is 0 Å². The van der Waals surface area contributed by atoms with E-state index in [1.807, 2.05) is 31.7 Å². The van der Waals surface area contributed by atoms with Gasteiger partial charge < -0.3 is 24.8 Å². The molecule has 9 nitrogen and oxygen atoms in total. The molecule has 1 N–H and O–H groups in total. The maximum Gasteiger partial charge on any atom is 0.408 e. The average Bonchev–Trinajstić information content (AvgIpc) is 3.42. The second-order valence-corrected chi connectivity index (χ2v) is 14.8. The van der Waals surface area contributed by atoms with Gasteiger partial charge in [0.1, 0.15) is 17.7 Å². The van der Waals surface area contributed by atoms with Gasteiger partial charge in [-0.15, -0.1) is 0 Å². The normalized spacial score (nSPS) is 33.3. The second kappa shape index (κ2) is 11.4. The first-order valence-electron chi connectivity index (χ1n) is 16.3. The second-order valence-electron chi connectivity index (χ2n) is 14.8. The molecule has 1 aromatic rings. The quantitative estimate of drug-likeness (QED) is 0.539. The van der Waals surface area contributed by atoms with Gasteiger partial charge >= 0.3 is 6.09 Å². The van der Waals surface area contributed by atoms with E-state index in [4.69, 9.17) is 4.74 Å². The monoisotopic (exact) mass is 589 g/mol. The summed E-state index contributed by atoms with van der Waals surface area (Å²) < 4.78 is 5.54. The third-order valence-electron chi connectivity index (χ3n) is 10.8. The molecule has 232 valence electrons. The summed E-state index contributed by atoms with van der Waals surface area (Å²) in [6, 6.07) is 12.1. The minimum atomic E-state index is -0.749. The number of hydrogen-bond acceptors (Lipinski definition) is 6. The van der Waals surface area contributed by atoms with Crippen LogP contribution in [0.1, 0.15) is 96.5 Å². The van der Waals surface area contributed by atoms with E-state index in [0.717, 1.165) is 51.4 Å². The zero-order valence-electron chi connectivity index (χ0n) is 26.1. The van der Waals surface area contributed by atoms with E-state index in [2.05, 4.69) is 52.5 Å². The van der Waals surface area contributed by atoms with Crippen LogP contribution in [0.5, 0.6) is 0 Å². The summed E-state index contributed by atoms with van der Waals surface area (Å²) in [5, 5.41) is 12.2. The molecule has 6 rings (SSSR count). The van der Waals surface area contributed by atoms with Gasteiger partial charge in [-0.25, -0.2) is 4.79 Å². The van der Waals surface area contributed by atoms with Gasteiger partial charge in [-0.1, -0.05) is 30.3 Å². The number of nitrogens with one attached hydrogen (secondary N) is 1. The number of ether oxygens (including phenoxy) is 1. The van der Waals surface area contributed by atoms with E-state index in [1.165, 1.54) is 5.56 Å². The highest BCUT2D eigenvalue weighted by Crippen LogP contribution is 2.54. The minimum absolute atomic E-state index is 0.0633. The maximum absolute atomic E-state index is 14.4. The lowest BCUT2D eigenvalue weighted by molar-refractivity contribution is -0.148. The minimum Gasteiger partial charge on any atom is -0.444 e. The maximum atomic E-state index is 14.4. The predicted molar refractivity (Wildman–Crippen MR) is 162 cm³/mol. The zero-order chi connectivity index (χ0) is 30.5. The lowest BCUT2D eigenvalue weighted by atomic mass is 9.79. The van der Waals surface area contributed by atoms with Crippen molar-refractivity contribution >= 4 is 17.9 Å². The van der Waals surface area contributed by atoms with Crippen molar-refractivity contribution in [3.63, 3.8) is 0 Å². The number of nitriles is 1. The molecule has 43 heavy (non-hydrogen) atoms. The summed E-state index contributed by atoms with van der Waals surface area (Å²) in [4.78, 5) is 47.9. The first kappa shape index (κ1) is 29.9. The number of hydrogen-bond donors (Lipinski definition) is 1. The summed E-state index contributed by atoms with van der Waals surface area (Å²) >= 11 is 0. The van der Waals surface area contributed by atoms with Crippen molar-refractivity contribution in [3.8, 4) is 6.07 Å². The van der Waals surface area contributed by atoms with Crippen LogP contribution < -0.4 is 5.32 Å². The molecule has 2 saturated carbocycles. The Balaban J connectivity index is 1.23. The molecule has 5 atom stereocenters. The summed E-state index contributed by atoms with van der Waals surface area (Å²) in [6.07, 6.45) is 7.63. The highest BCUT2D eigenvalue weighted by atomic mass is 16.6. The Hall–Kier alpha value is -3.12. The fourth-order valence-corrected chi connectivity index (χ4v) is 8.18. The molecule has 3 saturated heterocycles. The Kier molecular flexibility index (Phi) is 7.95.